The van der Waals surface area contributed by atoms with Gasteiger partial charge in [-0.15, -0.1) is 0 Å². The lowest BCUT2D eigenvalue weighted by Gasteiger charge is -2.35. The molecule has 2 aromatic heterocycles. The van der Waals surface area contributed by atoms with Gasteiger partial charge in [0.1, 0.15) is 0 Å². The second-order valence-electron chi connectivity index (χ2n) is 6.75. The molecule has 0 spiro atoms. The molecule has 132 valence electrons. The molecule has 1 fully saturated rings. The van der Waals surface area contributed by atoms with Crippen LogP contribution >= 0.6 is 0 Å². The highest BCUT2D eigenvalue weighted by Crippen LogP contribution is 2.25. The lowest BCUT2D eigenvalue weighted by molar-refractivity contribution is -0.0585. The number of hydrogen-bond acceptors (Lipinski definition) is 4. The first-order valence-corrected chi connectivity index (χ1v) is 8.88. The highest BCUT2D eigenvalue weighted by molar-refractivity contribution is 6.07. The number of benzene rings is 1. The minimum absolute atomic E-state index is 0.0165. The minimum atomic E-state index is 0.0165. The van der Waals surface area contributed by atoms with Crippen LogP contribution in [0.5, 0.6) is 0 Å². The number of amides is 1. The molecule has 0 saturated carbocycles. The van der Waals surface area contributed by atoms with Gasteiger partial charge in [-0.25, -0.2) is 4.98 Å². The number of aromatic nitrogens is 2. The lowest BCUT2D eigenvalue weighted by atomic mass is 10.0. The van der Waals surface area contributed by atoms with Crippen LogP contribution in [-0.2, 0) is 4.74 Å². The zero-order chi connectivity index (χ0) is 18.1. The normalized spacial score (nSPS) is 20.3. The van der Waals surface area contributed by atoms with Crippen LogP contribution in [0.2, 0.25) is 0 Å². The van der Waals surface area contributed by atoms with E-state index in [1.807, 2.05) is 67.3 Å². The fourth-order valence-electron chi connectivity index (χ4n) is 3.51. The van der Waals surface area contributed by atoms with Gasteiger partial charge in [0.2, 0.25) is 0 Å². The molecule has 3 aromatic rings. The van der Waals surface area contributed by atoms with Crippen molar-refractivity contribution in [2.24, 2.45) is 0 Å². The summed E-state index contributed by atoms with van der Waals surface area (Å²) in [4.78, 5) is 24.3. The summed E-state index contributed by atoms with van der Waals surface area (Å²) in [6.45, 7) is 5.19. The Morgan fingerprint density at radius 1 is 1.04 bits per heavy atom. The Morgan fingerprint density at radius 3 is 2.50 bits per heavy atom. The van der Waals surface area contributed by atoms with Gasteiger partial charge in [-0.05, 0) is 38.1 Å². The van der Waals surface area contributed by atoms with Crippen LogP contribution in [-0.4, -0.2) is 46.1 Å². The van der Waals surface area contributed by atoms with E-state index >= 15 is 0 Å². The van der Waals surface area contributed by atoms with Crippen molar-refractivity contribution in [3.05, 3.63) is 60.3 Å². The standard InChI is InChI=1S/C21H21N3O2/c1-14-12-24(13-15(2)26-14)21(25)17-11-20(19-9-5-6-10-22-19)23-18-8-4-3-7-16(17)18/h3-11,14-15H,12-13H2,1-2H3. The number of ether oxygens (including phenoxy) is 1. The predicted octanol–water partition coefficient (Wildman–Crippen LogP) is 3.55. The number of carbonyl (C=O) groups is 1. The first-order chi connectivity index (χ1) is 12.6. The molecule has 1 aliphatic rings. The molecule has 1 aliphatic heterocycles. The molecule has 5 heteroatoms. The molecule has 4 rings (SSSR count). The average molecular weight is 347 g/mol. The maximum atomic E-state index is 13.3. The molecule has 0 aliphatic carbocycles. The van der Waals surface area contributed by atoms with Gasteiger partial charge < -0.3 is 9.64 Å². The van der Waals surface area contributed by atoms with Gasteiger partial charge in [0.15, 0.2) is 0 Å². The van der Waals surface area contributed by atoms with E-state index in [0.717, 1.165) is 16.6 Å². The van der Waals surface area contributed by atoms with Crippen molar-refractivity contribution in [2.45, 2.75) is 26.1 Å². The highest BCUT2D eigenvalue weighted by atomic mass is 16.5. The summed E-state index contributed by atoms with van der Waals surface area (Å²) < 4.78 is 5.77. The maximum absolute atomic E-state index is 13.3. The Morgan fingerprint density at radius 2 is 1.77 bits per heavy atom. The number of hydrogen-bond donors (Lipinski definition) is 0. The largest absolute Gasteiger partial charge is 0.372 e. The summed E-state index contributed by atoms with van der Waals surface area (Å²) >= 11 is 0. The monoisotopic (exact) mass is 347 g/mol. The summed E-state index contributed by atoms with van der Waals surface area (Å²) in [5, 5.41) is 0.865. The fraction of sp³-hybridized carbons (Fsp3) is 0.286. The van der Waals surface area contributed by atoms with Crippen LogP contribution in [0, 0.1) is 0 Å². The third kappa shape index (κ3) is 3.18. The molecule has 1 saturated heterocycles. The molecule has 3 heterocycles. The van der Waals surface area contributed by atoms with Gasteiger partial charge in [0, 0.05) is 24.7 Å². The van der Waals surface area contributed by atoms with Crippen LogP contribution in [0.4, 0.5) is 0 Å². The fourth-order valence-corrected chi connectivity index (χ4v) is 3.51. The van der Waals surface area contributed by atoms with Crippen LogP contribution in [0.15, 0.2) is 54.7 Å². The molecule has 0 N–H and O–H groups in total. The van der Waals surface area contributed by atoms with Crippen molar-refractivity contribution in [2.75, 3.05) is 13.1 Å². The van der Waals surface area contributed by atoms with Crippen LogP contribution < -0.4 is 0 Å². The van der Waals surface area contributed by atoms with Crippen LogP contribution in [0.25, 0.3) is 22.3 Å². The first-order valence-electron chi connectivity index (χ1n) is 8.88. The number of nitrogens with zero attached hydrogens (tertiary/aromatic N) is 3. The van der Waals surface area contributed by atoms with Gasteiger partial charge in [-0.1, -0.05) is 24.3 Å². The van der Waals surface area contributed by atoms with Crippen molar-refractivity contribution in [3.8, 4) is 11.4 Å². The minimum Gasteiger partial charge on any atom is -0.372 e. The van der Waals surface area contributed by atoms with Crippen molar-refractivity contribution in [1.82, 2.24) is 14.9 Å². The van der Waals surface area contributed by atoms with Crippen molar-refractivity contribution < 1.29 is 9.53 Å². The molecule has 0 bridgehead atoms. The number of carbonyl (C=O) groups excluding carboxylic acids is 1. The smallest absolute Gasteiger partial charge is 0.254 e. The molecule has 26 heavy (non-hydrogen) atoms. The topological polar surface area (TPSA) is 55.3 Å². The molecule has 1 amide bonds. The number of para-hydroxylation sites is 1. The van der Waals surface area contributed by atoms with E-state index in [1.165, 1.54) is 0 Å². The zero-order valence-corrected chi connectivity index (χ0v) is 14.9. The molecule has 5 nitrogen and oxygen atoms in total. The molecule has 2 unspecified atom stereocenters. The van der Waals surface area contributed by atoms with Gasteiger partial charge in [0.05, 0.1) is 34.7 Å². The van der Waals surface area contributed by atoms with Gasteiger partial charge in [-0.3, -0.25) is 9.78 Å². The summed E-state index contributed by atoms with van der Waals surface area (Å²) in [7, 11) is 0. The number of pyridine rings is 2. The maximum Gasteiger partial charge on any atom is 0.254 e. The highest BCUT2D eigenvalue weighted by Gasteiger charge is 2.28. The first kappa shape index (κ1) is 16.7. The summed E-state index contributed by atoms with van der Waals surface area (Å²) in [5.74, 6) is 0.0165. The van der Waals surface area contributed by atoms with E-state index in [9.17, 15) is 4.79 Å². The predicted molar refractivity (Wildman–Crippen MR) is 101 cm³/mol. The van der Waals surface area contributed by atoms with Crippen LogP contribution in [0.1, 0.15) is 24.2 Å². The zero-order valence-electron chi connectivity index (χ0n) is 14.9. The van der Waals surface area contributed by atoms with Gasteiger partial charge in [-0.2, -0.15) is 0 Å². The molecular weight excluding hydrogens is 326 g/mol. The van der Waals surface area contributed by atoms with Crippen molar-refractivity contribution in [3.63, 3.8) is 0 Å². The van der Waals surface area contributed by atoms with E-state index in [0.29, 0.717) is 24.3 Å². The van der Waals surface area contributed by atoms with Gasteiger partial charge >= 0.3 is 0 Å². The third-order valence-corrected chi connectivity index (χ3v) is 4.58. The molecular formula is C21H21N3O2. The summed E-state index contributed by atoms with van der Waals surface area (Å²) in [5.41, 5.74) is 2.93. The van der Waals surface area contributed by atoms with Crippen molar-refractivity contribution in [1.29, 1.82) is 0 Å². The van der Waals surface area contributed by atoms with Gasteiger partial charge in [0.25, 0.3) is 5.91 Å². The Bertz CT molecular complexity index is 932. The van der Waals surface area contributed by atoms with E-state index in [2.05, 4.69) is 4.98 Å². The Labute approximate surface area is 152 Å². The quantitative estimate of drug-likeness (QED) is 0.711. The molecule has 1 aromatic carbocycles. The van der Waals surface area contributed by atoms with E-state index < -0.39 is 0 Å². The van der Waals surface area contributed by atoms with E-state index in [-0.39, 0.29) is 18.1 Å². The number of morpholine rings is 1. The third-order valence-electron chi connectivity index (χ3n) is 4.58. The average Bonchev–Trinajstić information content (AvgIpc) is 2.66. The molecule has 2 atom stereocenters. The van der Waals surface area contributed by atoms with E-state index in [4.69, 9.17) is 9.72 Å². The van der Waals surface area contributed by atoms with Crippen LogP contribution in [0.3, 0.4) is 0 Å². The lowest BCUT2D eigenvalue weighted by Crippen LogP contribution is -2.48. The number of fused-ring (bicyclic) bond motifs is 1. The van der Waals surface area contributed by atoms with E-state index in [1.54, 1.807) is 6.20 Å². The Hall–Kier alpha value is -2.79. The molecule has 0 radical (unpaired) electrons. The summed E-state index contributed by atoms with van der Waals surface area (Å²) in [6.07, 6.45) is 1.80. The number of rotatable bonds is 2. The second kappa shape index (κ2) is 6.84. The van der Waals surface area contributed by atoms with Crippen molar-refractivity contribution >= 4 is 16.8 Å². The Balaban J connectivity index is 1.81. The SMILES string of the molecule is CC1CN(C(=O)c2cc(-c3ccccn3)nc3ccccc23)CC(C)O1. The summed E-state index contributed by atoms with van der Waals surface area (Å²) in [6, 6.07) is 15.3. The second-order valence-corrected chi connectivity index (χ2v) is 6.75. The Kier molecular flexibility index (Phi) is 4.39.